The lowest BCUT2D eigenvalue weighted by Crippen LogP contribution is -2.22. The number of aromatic nitrogens is 2. The van der Waals surface area contributed by atoms with Gasteiger partial charge in [-0.15, -0.1) is 11.3 Å². The lowest BCUT2D eigenvalue weighted by atomic mass is 10.1. The number of thiophene rings is 1. The predicted octanol–water partition coefficient (Wildman–Crippen LogP) is 4.42. The van der Waals surface area contributed by atoms with Crippen LogP contribution in [0.3, 0.4) is 0 Å². The van der Waals surface area contributed by atoms with Gasteiger partial charge in [0.1, 0.15) is 0 Å². The topological polar surface area (TPSA) is 67.0 Å². The molecule has 130 valence electrons. The van der Waals surface area contributed by atoms with Crippen molar-refractivity contribution in [3.05, 3.63) is 48.7 Å². The molecule has 2 aromatic heterocycles. The first kappa shape index (κ1) is 15.5. The SMILES string of the molecule is O=C(Nc1cc(-c2cc3ccccc3s2)c2[nH]ncc2c1)C1CCOC1. The quantitative estimate of drug-likeness (QED) is 0.566. The fraction of sp³-hybridized carbons (Fsp3) is 0.200. The summed E-state index contributed by atoms with van der Waals surface area (Å²) in [5.74, 6) is -0.0459. The van der Waals surface area contributed by atoms with Gasteiger partial charge < -0.3 is 10.1 Å². The summed E-state index contributed by atoms with van der Waals surface area (Å²) >= 11 is 1.74. The fourth-order valence-electron chi connectivity index (χ4n) is 3.42. The van der Waals surface area contributed by atoms with Crippen LogP contribution in [0.2, 0.25) is 0 Å². The number of nitrogens with one attached hydrogen (secondary N) is 2. The zero-order valence-corrected chi connectivity index (χ0v) is 14.8. The van der Waals surface area contributed by atoms with Gasteiger partial charge >= 0.3 is 0 Å². The third-order valence-corrected chi connectivity index (χ3v) is 5.96. The first-order chi connectivity index (χ1) is 12.8. The van der Waals surface area contributed by atoms with Crippen LogP contribution in [0, 0.1) is 5.92 Å². The molecular formula is C20H17N3O2S. The van der Waals surface area contributed by atoms with Gasteiger partial charge in [0.15, 0.2) is 0 Å². The molecule has 0 aliphatic carbocycles. The van der Waals surface area contributed by atoms with Gasteiger partial charge in [-0.25, -0.2) is 0 Å². The molecule has 1 atom stereocenters. The minimum absolute atomic E-state index is 0.0210. The molecule has 1 fully saturated rings. The van der Waals surface area contributed by atoms with Crippen molar-refractivity contribution in [3.63, 3.8) is 0 Å². The van der Waals surface area contributed by atoms with Crippen molar-refractivity contribution < 1.29 is 9.53 Å². The second kappa shape index (κ2) is 6.23. The molecule has 3 heterocycles. The van der Waals surface area contributed by atoms with Crippen molar-refractivity contribution in [3.8, 4) is 10.4 Å². The smallest absolute Gasteiger partial charge is 0.229 e. The van der Waals surface area contributed by atoms with E-state index in [-0.39, 0.29) is 11.8 Å². The minimum atomic E-state index is -0.0668. The summed E-state index contributed by atoms with van der Waals surface area (Å²) < 4.78 is 6.57. The van der Waals surface area contributed by atoms with Crippen LogP contribution in [0.5, 0.6) is 0 Å². The largest absolute Gasteiger partial charge is 0.381 e. The Hall–Kier alpha value is -2.70. The van der Waals surface area contributed by atoms with E-state index in [2.05, 4.69) is 39.8 Å². The number of benzene rings is 2. The maximum absolute atomic E-state index is 12.5. The van der Waals surface area contributed by atoms with Gasteiger partial charge in [0.2, 0.25) is 5.91 Å². The zero-order chi connectivity index (χ0) is 17.5. The average Bonchev–Trinajstić information content (AvgIpc) is 3.39. The summed E-state index contributed by atoms with van der Waals surface area (Å²) in [4.78, 5) is 13.6. The highest BCUT2D eigenvalue weighted by Gasteiger charge is 2.24. The van der Waals surface area contributed by atoms with E-state index < -0.39 is 0 Å². The molecule has 0 radical (unpaired) electrons. The lowest BCUT2D eigenvalue weighted by molar-refractivity contribution is -0.119. The Labute approximate surface area is 154 Å². The average molecular weight is 363 g/mol. The van der Waals surface area contributed by atoms with Gasteiger partial charge in [-0.1, -0.05) is 18.2 Å². The molecule has 1 amide bonds. The summed E-state index contributed by atoms with van der Waals surface area (Å²) in [5.41, 5.74) is 2.83. The summed E-state index contributed by atoms with van der Waals surface area (Å²) in [6.07, 6.45) is 2.57. The number of fused-ring (bicyclic) bond motifs is 2. The molecule has 0 spiro atoms. The first-order valence-corrected chi connectivity index (χ1v) is 9.44. The van der Waals surface area contributed by atoms with Crippen LogP contribution < -0.4 is 5.32 Å². The molecule has 1 saturated heterocycles. The normalized spacial score (nSPS) is 17.2. The van der Waals surface area contributed by atoms with E-state index >= 15 is 0 Å². The standard InChI is InChI=1S/C20H17N3O2S/c24-20(13-5-6-25-11-13)22-15-7-14-10-21-23-19(14)16(9-15)18-8-12-3-1-2-4-17(12)26-18/h1-4,7-10,13H,5-6,11H2,(H,21,23)(H,22,24). The van der Waals surface area contributed by atoms with Gasteiger partial charge in [0, 0.05) is 32.8 Å². The fourth-order valence-corrected chi connectivity index (χ4v) is 4.51. The lowest BCUT2D eigenvalue weighted by Gasteiger charge is -2.11. The van der Waals surface area contributed by atoms with Crippen LogP contribution in [-0.4, -0.2) is 29.3 Å². The monoisotopic (exact) mass is 363 g/mol. The number of H-pyrrole nitrogens is 1. The Morgan fingerprint density at radius 2 is 2.15 bits per heavy atom. The third-order valence-electron chi connectivity index (χ3n) is 4.81. The molecule has 1 unspecified atom stereocenters. The summed E-state index contributed by atoms with van der Waals surface area (Å²) in [6, 6.07) is 14.5. The molecule has 2 N–H and O–H groups in total. The maximum Gasteiger partial charge on any atom is 0.229 e. The Morgan fingerprint density at radius 1 is 1.23 bits per heavy atom. The van der Waals surface area contributed by atoms with E-state index in [1.807, 2.05) is 18.2 Å². The molecule has 0 saturated carbocycles. The number of carbonyl (C=O) groups excluding carboxylic acids is 1. The molecule has 26 heavy (non-hydrogen) atoms. The first-order valence-electron chi connectivity index (χ1n) is 8.62. The summed E-state index contributed by atoms with van der Waals surface area (Å²) in [5, 5.41) is 12.5. The van der Waals surface area contributed by atoms with Crippen LogP contribution in [0.1, 0.15) is 6.42 Å². The number of rotatable bonds is 3. The van der Waals surface area contributed by atoms with Crippen molar-refractivity contribution in [1.82, 2.24) is 10.2 Å². The van der Waals surface area contributed by atoms with E-state index in [0.717, 1.165) is 33.5 Å². The van der Waals surface area contributed by atoms with Gasteiger partial charge in [-0.2, -0.15) is 5.10 Å². The van der Waals surface area contributed by atoms with E-state index in [4.69, 9.17) is 4.74 Å². The second-order valence-corrected chi connectivity index (χ2v) is 7.64. The molecule has 5 nitrogen and oxygen atoms in total. The highest BCUT2D eigenvalue weighted by atomic mass is 32.1. The molecular weight excluding hydrogens is 346 g/mol. The Kier molecular flexibility index (Phi) is 3.72. The molecule has 6 heteroatoms. The molecule has 2 aromatic carbocycles. The van der Waals surface area contributed by atoms with E-state index in [1.165, 1.54) is 10.1 Å². The van der Waals surface area contributed by atoms with Crippen molar-refractivity contribution >= 4 is 43.9 Å². The molecule has 1 aliphatic heterocycles. The van der Waals surface area contributed by atoms with Gasteiger partial charge in [-0.3, -0.25) is 9.89 Å². The third kappa shape index (κ3) is 2.67. The molecule has 4 aromatic rings. The van der Waals surface area contributed by atoms with Gasteiger partial charge in [0.05, 0.1) is 24.2 Å². The molecule has 1 aliphatic rings. The highest BCUT2D eigenvalue weighted by molar-refractivity contribution is 7.22. The number of amides is 1. The number of anilines is 1. The van der Waals surface area contributed by atoms with E-state index in [9.17, 15) is 4.79 Å². The van der Waals surface area contributed by atoms with Crippen molar-refractivity contribution in [2.24, 2.45) is 5.92 Å². The van der Waals surface area contributed by atoms with Gasteiger partial charge in [-0.05, 0) is 36.1 Å². The van der Waals surface area contributed by atoms with Crippen LogP contribution in [-0.2, 0) is 9.53 Å². The van der Waals surface area contributed by atoms with Crippen molar-refractivity contribution in [2.45, 2.75) is 6.42 Å². The number of hydrogen-bond donors (Lipinski definition) is 2. The maximum atomic E-state index is 12.5. The Bertz CT molecular complexity index is 1080. The summed E-state index contributed by atoms with van der Waals surface area (Å²) in [6.45, 7) is 1.16. The van der Waals surface area contributed by atoms with Crippen molar-refractivity contribution in [2.75, 3.05) is 18.5 Å². The number of aromatic amines is 1. The Morgan fingerprint density at radius 3 is 3.00 bits per heavy atom. The van der Waals surface area contributed by atoms with E-state index in [1.54, 1.807) is 17.5 Å². The van der Waals surface area contributed by atoms with Crippen molar-refractivity contribution in [1.29, 1.82) is 0 Å². The number of hydrogen-bond acceptors (Lipinski definition) is 4. The van der Waals surface area contributed by atoms with E-state index in [0.29, 0.717) is 13.2 Å². The number of ether oxygens (including phenoxy) is 1. The zero-order valence-electron chi connectivity index (χ0n) is 14.0. The van der Waals surface area contributed by atoms with Crippen LogP contribution in [0.15, 0.2) is 48.7 Å². The minimum Gasteiger partial charge on any atom is -0.381 e. The molecule has 0 bridgehead atoms. The molecule has 5 rings (SSSR count). The predicted molar refractivity (Wildman–Crippen MR) is 104 cm³/mol. The van der Waals surface area contributed by atoms with Crippen LogP contribution >= 0.6 is 11.3 Å². The van der Waals surface area contributed by atoms with Crippen LogP contribution in [0.25, 0.3) is 31.4 Å². The number of carbonyl (C=O) groups is 1. The summed E-state index contributed by atoms with van der Waals surface area (Å²) in [7, 11) is 0. The Balaban J connectivity index is 1.57. The highest BCUT2D eigenvalue weighted by Crippen LogP contribution is 2.38. The second-order valence-electron chi connectivity index (χ2n) is 6.56. The van der Waals surface area contributed by atoms with Crippen LogP contribution in [0.4, 0.5) is 5.69 Å². The number of nitrogens with zero attached hydrogens (tertiary/aromatic N) is 1. The van der Waals surface area contributed by atoms with Gasteiger partial charge in [0.25, 0.3) is 0 Å².